The van der Waals surface area contributed by atoms with Crippen molar-refractivity contribution in [3.63, 3.8) is 0 Å². The minimum atomic E-state index is -0.461. The van der Waals surface area contributed by atoms with Crippen LogP contribution in [-0.4, -0.2) is 13.1 Å². The molecule has 1 heterocycles. The summed E-state index contributed by atoms with van der Waals surface area (Å²) in [7, 11) is 1.33. The van der Waals surface area contributed by atoms with E-state index in [-0.39, 0.29) is 5.76 Å². The van der Waals surface area contributed by atoms with Crippen LogP contribution in [0.1, 0.15) is 27.4 Å². The Bertz CT molecular complexity index is 587. The summed E-state index contributed by atoms with van der Waals surface area (Å²) in [5.74, 6) is 0.454. The minimum Gasteiger partial charge on any atom is -0.463 e. The fourth-order valence-corrected chi connectivity index (χ4v) is 1.72. The van der Waals surface area contributed by atoms with E-state index in [1.54, 1.807) is 12.1 Å². The van der Waals surface area contributed by atoms with Gasteiger partial charge in [0.15, 0.2) is 0 Å². The second kappa shape index (κ2) is 5.61. The number of furan rings is 1. The van der Waals surface area contributed by atoms with Crippen molar-refractivity contribution in [3.8, 4) is 0 Å². The van der Waals surface area contributed by atoms with Gasteiger partial charge in [0.25, 0.3) is 0 Å². The number of esters is 1. The summed E-state index contributed by atoms with van der Waals surface area (Å²) in [6.07, 6.45) is 0. The summed E-state index contributed by atoms with van der Waals surface area (Å²) in [5.41, 5.74) is 3.52. The second-order valence-electron chi connectivity index (χ2n) is 4.41. The van der Waals surface area contributed by atoms with Gasteiger partial charge in [-0.3, -0.25) is 0 Å². The Morgan fingerprint density at radius 1 is 1.21 bits per heavy atom. The van der Waals surface area contributed by atoms with E-state index in [2.05, 4.69) is 36.0 Å². The van der Waals surface area contributed by atoms with Crippen molar-refractivity contribution in [1.82, 2.24) is 0 Å². The van der Waals surface area contributed by atoms with Gasteiger partial charge in [0, 0.05) is 5.69 Å². The lowest BCUT2D eigenvalue weighted by atomic mass is 10.1. The topological polar surface area (TPSA) is 51.5 Å². The van der Waals surface area contributed by atoms with Gasteiger partial charge in [0.2, 0.25) is 5.76 Å². The minimum absolute atomic E-state index is 0.222. The predicted octanol–water partition coefficient (Wildman–Crippen LogP) is 3.30. The van der Waals surface area contributed by atoms with Crippen LogP contribution in [-0.2, 0) is 11.3 Å². The molecule has 2 rings (SSSR count). The van der Waals surface area contributed by atoms with Crippen LogP contribution in [0.2, 0.25) is 0 Å². The van der Waals surface area contributed by atoms with E-state index in [0.717, 1.165) is 5.69 Å². The largest absolute Gasteiger partial charge is 0.463 e. The number of hydrogen-bond donors (Lipinski definition) is 1. The van der Waals surface area contributed by atoms with Crippen molar-refractivity contribution < 1.29 is 13.9 Å². The van der Waals surface area contributed by atoms with E-state index in [1.165, 1.54) is 18.2 Å². The highest BCUT2D eigenvalue weighted by atomic mass is 16.5. The molecule has 0 amide bonds. The smallest absolute Gasteiger partial charge is 0.373 e. The van der Waals surface area contributed by atoms with Crippen molar-refractivity contribution >= 4 is 11.7 Å². The van der Waals surface area contributed by atoms with Gasteiger partial charge in [-0.05, 0) is 49.2 Å². The van der Waals surface area contributed by atoms with E-state index < -0.39 is 5.97 Å². The Morgan fingerprint density at radius 3 is 2.68 bits per heavy atom. The van der Waals surface area contributed by atoms with Gasteiger partial charge in [0.05, 0.1) is 13.7 Å². The van der Waals surface area contributed by atoms with Gasteiger partial charge in [-0.2, -0.15) is 0 Å². The van der Waals surface area contributed by atoms with E-state index in [1.807, 2.05) is 6.07 Å². The number of ether oxygens (including phenoxy) is 1. The lowest BCUT2D eigenvalue weighted by Crippen LogP contribution is -2.00. The fourth-order valence-electron chi connectivity index (χ4n) is 1.72. The molecule has 0 fully saturated rings. The first-order chi connectivity index (χ1) is 9.10. The molecule has 0 unspecified atom stereocenters. The van der Waals surface area contributed by atoms with Crippen LogP contribution in [0.5, 0.6) is 0 Å². The summed E-state index contributed by atoms with van der Waals surface area (Å²) in [4.78, 5) is 11.2. The third-order valence-electron chi connectivity index (χ3n) is 3.02. The molecule has 100 valence electrons. The average Bonchev–Trinajstić information content (AvgIpc) is 2.88. The zero-order valence-electron chi connectivity index (χ0n) is 11.3. The number of methoxy groups -OCH3 is 1. The van der Waals surface area contributed by atoms with Crippen molar-refractivity contribution in [2.45, 2.75) is 20.4 Å². The summed E-state index contributed by atoms with van der Waals surface area (Å²) in [5, 5.41) is 3.25. The molecule has 19 heavy (non-hydrogen) atoms. The molecule has 0 radical (unpaired) electrons. The molecule has 0 aliphatic carbocycles. The van der Waals surface area contributed by atoms with Crippen molar-refractivity contribution in [1.29, 1.82) is 0 Å². The lowest BCUT2D eigenvalue weighted by Gasteiger charge is -2.07. The number of hydrogen-bond acceptors (Lipinski definition) is 4. The molecule has 0 aliphatic heterocycles. The molecule has 0 aliphatic rings. The van der Waals surface area contributed by atoms with Crippen LogP contribution in [0, 0.1) is 13.8 Å². The first-order valence-corrected chi connectivity index (χ1v) is 6.08. The molecule has 0 bridgehead atoms. The van der Waals surface area contributed by atoms with Crippen LogP contribution in [0.3, 0.4) is 0 Å². The van der Waals surface area contributed by atoms with Crippen molar-refractivity contribution in [2.75, 3.05) is 12.4 Å². The number of aryl methyl sites for hydroxylation is 2. The normalized spacial score (nSPS) is 10.3. The van der Waals surface area contributed by atoms with Gasteiger partial charge < -0.3 is 14.5 Å². The monoisotopic (exact) mass is 259 g/mol. The van der Waals surface area contributed by atoms with E-state index in [9.17, 15) is 4.79 Å². The summed E-state index contributed by atoms with van der Waals surface area (Å²) < 4.78 is 9.96. The molecule has 4 nitrogen and oxygen atoms in total. The zero-order valence-corrected chi connectivity index (χ0v) is 11.3. The SMILES string of the molecule is COC(=O)c1ccc(CNc2ccc(C)c(C)c2)o1. The molecule has 1 aromatic carbocycles. The highest BCUT2D eigenvalue weighted by molar-refractivity contribution is 5.86. The molecule has 0 saturated carbocycles. The maximum atomic E-state index is 11.2. The number of nitrogens with one attached hydrogen (secondary N) is 1. The first-order valence-electron chi connectivity index (χ1n) is 6.08. The first kappa shape index (κ1) is 13.2. The van der Waals surface area contributed by atoms with Gasteiger partial charge in [0.1, 0.15) is 5.76 Å². The molecule has 0 saturated heterocycles. The molecule has 4 heteroatoms. The molecule has 0 atom stereocenters. The molecule has 0 spiro atoms. The fraction of sp³-hybridized carbons (Fsp3) is 0.267. The van der Waals surface area contributed by atoms with E-state index >= 15 is 0 Å². The second-order valence-corrected chi connectivity index (χ2v) is 4.41. The van der Waals surface area contributed by atoms with Crippen LogP contribution >= 0.6 is 0 Å². The predicted molar refractivity (Wildman–Crippen MR) is 73.3 cm³/mol. The molecular weight excluding hydrogens is 242 g/mol. The summed E-state index contributed by atoms with van der Waals surface area (Å²) in [6, 6.07) is 9.55. The Labute approximate surface area is 112 Å². The van der Waals surface area contributed by atoms with Gasteiger partial charge in [-0.15, -0.1) is 0 Å². The Hall–Kier alpha value is -2.23. The summed E-state index contributed by atoms with van der Waals surface area (Å²) in [6.45, 7) is 4.68. The third kappa shape index (κ3) is 3.16. The van der Waals surface area contributed by atoms with Gasteiger partial charge in [-0.1, -0.05) is 6.07 Å². The highest BCUT2D eigenvalue weighted by Gasteiger charge is 2.10. The molecular formula is C15H17NO3. The maximum Gasteiger partial charge on any atom is 0.373 e. The van der Waals surface area contributed by atoms with Crippen molar-refractivity contribution in [2.24, 2.45) is 0 Å². The quantitative estimate of drug-likeness (QED) is 0.856. The average molecular weight is 259 g/mol. The zero-order chi connectivity index (χ0) is 13.8. The van der Waals surface area contributed by atoms with Crippen LogP contribution < -0.4 is 5.32 Å². The lowest BCUT2D eigenvalue weighted by molar-refractivity contribution is 0.0563. The maximum absolute atomic E-state index is 11.2. The molecule has 1 aromatic heterocycles. The van der Waals surface area contributed by atoms with Crippen molar-refractivity contribution in [3.05, 3.63) is 53.0 Å². The van der Waals surface area contributed by atoms with Crippen LogP contribution in [0.15, 0.2) is 34.7 Å². The Kier molecular flexibility index (Phi) is 3.90. The Morgan fingerprint density at radius 2 is 2.00 bits per heavy atom. The third-order valence-corrected chi connectivity index (χ3v) is 3.02. The molecule has 1 N–H and O–H groups in total. The Balaban J connectivity index is 2.00. The number of anilines is 1. The molecule has 2 aromatic rings. The van der Waals surface area contributed by atoms with E-state index in [4.69, 9.17) is 4.42 Å². The summed E-state index contributed by atoms with van der Waals surface area (Å²) >= 11 is 0. The van der Waals surface area contributed by atoms with Gasteiger partial charge >= 0.3 is 5.97 Å². The van der Waals surface area contributed by atoms with Gasteiger partial charge in [-0.25, -0.2) is 4.79 Å². The number of benzene rings is 1. The number of carbonyl (C=O) groups is 1. The highest BCUT2D eigenvalue weighted by Crippen LogP contribution is 2.16. The number of rotatable bonds is 4. The van der Waals surface area contributed by atoms with Crippen LogP contribution in [0.4, 0.5) is 5.69 Å². The van der Waals surface area contributed by atoms with Crippen LogP contribution in [0.25, 0.3) is 0 Å². The van der Waals surface area contributed by atoms with E-state index in [0.29, 0.717) is 12.3 Å². The number of carbonyl (C=O) groups excluding carboxylic acids is 1. The standard InChI is InChI=1S/C15H17NO3/c1-10-4-5-12(8-11(10)2)16-9-13-6-7-14(19-13)15(17)18-3/h4-8,16H,9H2,1-3H3.